The molecule has 2 unspecified atom stereocenters. The number of ether oxygens (including phenoxy) is 1. The summed E-state index contributed by atoms with van der Waals surface area (Å²) in [5.74, 6) is 0. The van der Waals surface area contributed by atoms with Crippen LogP contribution in [0.15, 0.2) is 0 Å². The zero-order chi connectivity index (χ0) is 10.1. The fourth-order valence-corrected chi connectivity index (χ4v) is 1.73. The van der Waals surface area contributed by atoms with Crippen molar-refractivity contribution in [3.8, 4) is 0 Å². The first kappa shape index (κ1) is 13.5. The molecule has 0 bridgehead atoms. The van der Waals surface area contributed by atoms with Crippen LogP contribution in [0.3, 0.4) is 0 Å². The molecule has 0 radical (unpaired) electrons. The molecule has 0 amide bonds. The van der Waals surface area contributed by atoms with E-state index in [1.165, 1.54) is 0 Å². The van der Waals surface area contributed by atoms with Crippen LogP contribution in [-0.4, -0.2) is 24.0 Å². The van der Waals surface area contributed by atoms with Gasteiger partial charge in [0, 0.05) is 0 Å². The number of alkyl halides is 2. The lowest BCUT2D eigenvalue weighted by molar-refractivity contribution is 0.130. The molecule has 0 spiro atoms. The van der Waals surface area contributed by atoms with Crippen LogP contribution in [0, 0.1) is 0 Å². The van der Waals surface area contributed by atoms with Gasteiger partial charge in [-0.1, -0.05) is 26.7 Å². The van der Waals surface area contributed by atoms with E-state index in [9.17, 15) is 0 Å². The molecule has 0 aliphatic rings. The van der Waals surface area contributed by atoms with Crippen molar-refractivity contribution >= 4 is 23.2 Å². The van der Waals surface area contributed by atoms with Crippen molar-refractivity contribution < 1.29 is 4.74 Å². The standard InChI is InChI=1S/C10H20Cl2O/c1-3-5-9(11)7-13-8-10(12)6-4-2/h9-10H,3-8H2,1-2H3. The maximum absolute atomic E-state index is 5.97. The van der Waals surface area contributed by atoms with Gasteiger partial charge in [-0.2, -0.15) is 0 Å². The van der Waals surface area contributed by atoms with Gasteiger partial charge >= 0.3 is 0 Å². The number of halogens is 2. The fourth-order valence-electron chi connectivity index (χ4n) is 1.12. The molecule has 0 aromatic heterocycles. The van der Waals surface area contributed by atoms with E-state index in [0.29, 0.717) is 13.2 Å². The first-order valence-electron chi connectivity index (χ1n) is 5.06. The average molecular weight is 227 g/mol. The van der Waals surface area contributed by atoms with Gasteiger partial charge in [-0.25, -0.2) is 0 Å². The van der Waals surface area contributed by atoms with Gasteiger partial charge in [0.25, 0.3) is 0 Å². The summed E-state index contributed by atoms with van der Waals surface area (Å²) in [6, 6.07) is 0. The SMILES string of the molecule is CCCC(Cl)COCC(Cl)CCC. The number of hydrogen-bond acceptors (Lipinski definition) is 1. The van der Waals surface area contributed by atoms with E-state index < -0.39 is 0 Å². The maximum atomic E-state index is 5.97. The molecule has 0 rings (SSSR count). The Hall–Kier alpha value is 0.540. The first-order chi connectivity index (χ1) is 6.20. The second-order valence-corrected chi connectivity index (χ2v) is 4.54. The summed E-state index contributed by atoms with van der Waals surface area (Å²) in [7, 11) is 0. The predicted octanol–water partition coefficient (Wildman–Crippen LogP) is 3.82. The Bertz CT molecular complexity index is 97.1. The minimum Gasteiger partial charge on any atom is -0.378 e. The molecule has 0 heterocycles. The van der Waals surface area contributed by atoms with Gasteiger partial charge in [-0.15, -0.1) is 23.2 Å². The third-order valence-electron chi connectivity index (χ3n) is 1.80. The van der Waals surface area contributed by atoms with Crippen molar-refractivity contribution in [3.63, 3.8) is 0 Å². The zero-order valence-electron chi connectivity index (χ0n) is 8.56. The predicted molar refractivity (Wildman–Crippen MR) is 59.9 cm³/mol. The molecular formula is C10H20Cl2O. The molecule has 80 valence electrons. The molecule has 0 saturated heterocycles. The van der Waals surface area contributed by atoms with Crippen molar-refractivity contribution in [2.45, 2.75) is 50.3 Å². The van der Waals surface area contributed by atoms with Crippen LogP contribution < -0.4 is 0 Å². The van der Waals surface area contributed by atoms with Crippen LogP contribution in [0.25, 0.3) is 0 Å². The highest BCUT2D eigenvalue weighted by molar-refractivity contribution is 6.21. The minimum absolute atomic E-state index is 0.149. The Balaban J connectivity index is 3.23. The summed E-state index contributed by atoms with van der Waals surface area (Å²) in [6.07, 6.45) is 4.25. The molecule has 13 heavy (non-hydrogen) atoms. The highest BCUT2D eigenvalue weighted by Crippen LogP contribution is 2.08. The van der Waals surface area contributed by atoms with Gasteiger partial charge in [0.2, 0.25) is 0 Å². The van der Waals surface area contributed by atoms with E-state index in [1.54, 1.807) is 0 Å². The third kappa shape index (κ3) is 8.86. The minimum atomic E-state index is 0.149. The number of rotatable bonds is 8. The van der Waals surface area contributed by atoms with Crippen LogP contribution in [0.2, 0.25) is 0 Å². The largest absolute Gasteiger partial charge is 0.378 e. The smallest absolute Gasteiger partial charge is 0.0630 e. The molecule has 0 aliphatic heterocycles. The highest BCUT2D eigenvalue weighted by atomic mass is 35.5. The van der Waals surface area contributed by atoms with Crippen molar-refractivity contribution in [2.24, 2.45) is 0 Å². The maximum Gasteiger partial charge on any atom is 0.0630 e. The molecule has 0 aromatic carbocycles. The summed E-state index contributed by atoms with van der Waals surface area (Å²) in [6.45, 7) is 5.50. The van der Waals surface area contributed by atoms with Crippen LogP contribution in [-0.2, 0) is 4.74 Å². The summed E-state index contributed by atoms with van der Waals surface area (Å²) in [5.41, 5.74) is 0. The van der Waals surface area contributed by atoms with Crippen LogP contribution in [0.1, 0.15) is 39.5 Å². The Kier molecular flexibility index (Phi) is 9.49. The molecule has 3 heteroatoms. The summed E-state index contributed by atoms with van der Waals surface area (Å²) in [5, 5.41) is 0.297. The summed E-state index contributed by atoms with van der Waals surface area (Å²) in [4.78, 5) is 0. The second-order valence-electron chi connectivity index (χ2n) is 3.31. The van der Waals surface area contributed by atoms with Crippen LogP contribution in [0.5, 0.6) is 0 Å². The van der Waals surface area contributed by atoms with E-state index in [-0.39, 0.29) is 10.8 Å². The second kappa shape index (κ2) is 9.11. The van der Waals surface area contributed by atoms with Crippen LogP contribution in [0.4, 0.5) is 0 Å². The van der Waals surface area contributed by atoms with Gasteiger partial charge < -0.3 is 4.74 Å². The summed E-state index contributed by atoms with van der Waals surface area (Å²) < 4.78 is 5.40. The van der Waals surface area contributed by atoms with E-state index in [2.05, 4.69) is 13.8 Å². The Morgan fingerprint density at radius 2 is 1.31 bits per heavy atom. The monoisotopic (exact) mass is 226 g/mol. The lowest BCUT2D eigenvalue weighted by atomic mass is 10.2. The fraction of sp³-hybridized carbons (Fsp3) is 1.00. The van der Waals surface area contributed by atoms with E-state index in [0.717, 1.165) is 25.7 Å². The Labute approximate surface area is 91.7 Å². The van der Waals surface area contributed by atoms with E-state index in [4.69, 9.17) is 27.9 Å². The molecule has 0 aliphatic carbocycles. The topological polar surface area (TPSA) is 9.23 Å². The quantitative estimate of drug-likeness (QED) is 0.573. The van der Waals surface area contributed by atoms with E-state index >= 15 is 0 Å². The molecule has 1 nitrogen and oxygen atoms in total. The molecule has 0 fully saturated rings. The van der Waals surface area contributed by atoms with Gasteiger partial charge in [0.15, 0.2) is 0 Å². The first-order valence-corrected chi connectivity index (χ1v) is 5.93. The van der Waals surface area contributed by atoms with Crippen molar-refractivity contribution in [3.05, 3.63) is 0 Å². The average Bonchev–Trinajstić information content (AvgIpc) is 2.05. The molecule has 0 saturated carbocycles. The molecule has 2 atom stereocenters. The van der Waals surface area contributed by atoms with Crippen molar-refractivity contribution in [2.75, 3.05) is 13.2 Å². The normalized spacial score (nSPS) is 15.7. The van der Waals surface area contributed by atoms with Gasteiger partial charge in [0.05, 0.1) is 24.0 Å². The van der Waals surface area contributed by atoms with Crippen molar-refractivity contribution in [1.29, 1.82) is 0 Å². The molecule has 0 N–H and O–H groups in total. The zero-order valence-corrected chi connectivity index (χ0v) is 10.1. The van der Waals surface area contributed by atoms with Crippen LogP contribution >= 0.6 is 23.2 Å². The summed E-state index contributed by atoms with van der Waals surface area (Å²) >= 11 is 11.9. The Morgan fingerprint density at radius 1 is 0.923 bits per heavy atom. The molecule has 0 aromatic rings. The molecular weight excluding hydrogens is 207 g/mol. The highest BCUT2D eigenvalue weighted by Gasteiger charge is 2.06. The van der Waals surface area contributed by atoms with E-state index in [1.807, 2.05) is 0 Å². The Morgan fingerprint density at radius 3 is 1.62 bits per heavy atom. The van der Waals surface area contributed by atoms with Gasteiger partial charge in [0.1, 0.15) is 0 Å². The van der Waals surface area contributed by atoms with Gasteiger partial charge in [-0.3, -0.25) is 0 Å². The van der Waals surface area contributed by atoms with Crippen molar-refractivity contribution in [1.82, 2.24) is 0 Å². The lowest BCUT2D eigenvalue weighted by Gasteiger charge is -2.11. The third-order valence-corrected chi connectivity index (χ3v) is 2.49. The number of hydrogen-bond donors (Lipinski definition) is 0. The van der Waals surface area contributed by atoms with Gasteiger partial charge in [-0.05, 0) is 12.8 Å². The lowest BCUT2D eigenvalue weighted by Crippen LogP contribution is -2.15.